The van der Waals surface area contributed by atoms with E-state index in [-0.39, 0.29) is 0 Å². The van der Waals surface area contributed by atoms with Crippen LogP contribution in [0.5, 0.6) is 0 Å². The molecule has 2 heteroatoms. The number of rotatable bonds is 5. The van der Waals surface area contributed by atoms with E-state index in [2.05, 4.69) is 46.0 Å². The maximum atomic E-state index is 5.74. The normalized spacial score (nSPS) is 12.6. The second-order valence-electron chi connectivity index (χ2n) is 5.03. The summed E-state index contributed by atoms with van der Waals surface area (Å²) in [4.78, 5) is 0. The zero-order valence-electron chi connectivity index (χ0n) is 11.9. The van der Waals surface area contributed by atoms with Crippen LogP contribution >= 0.6 is 0 Å². The lowest BCUT2D eigenvalue weighted by Gasteiger charge is -2.20. The molecular weight excluding hydrogens is 208 g/mol. The molecule has 0 saturated heterocycles. The molecule has 3 N–H and O–H groups in total. The minimum Gasteiger partial charge on any atom is -0.384 e. The third-order valence-corrected chi connectivity index (χ3v) is 3.84. The van der Waals surface area contributed by atoms with Gasteiger partial charge in [-0.05, 0) is 62.4 Å². The molecule has 96 valence electrons. The molecule has 0 heterocycles. The molecule has 17 heavy (non-hydrogen) atoms. The summed E-state index contributed by atoms with van der Waals surface area (Å²) >= 11 is 0. The monoisotopic (exact) mass is 234 g/mol. The maximum absolute atomic E-state index is 5.74. The van der Waals surface area contributed by atoms with Crippen molar-refractivity contribution in [3.63, 3.8) is 0 Å². The van der Waals surface area contributed by atoms with E-state index in [4.69, 9.17) is 5.73 Å². The molecule has 2 nitrogen and oxygen atoms in total. The molecule has 0 saturated carbocycles. The van der Waals surface area contributed by atoms with Crippen LogP contribution in [0.1, 0.15) is 35.6 Å². The van der Waals surface area contributed by atoms with E-state index in [1.54, 1.807) is 0 Å². The fraction of sp³-hybridized carbons (Fsp3) is 0.600. The second-order valence-corrected chi connectivity index (χ2v) is 5.03. The highest BCUT2D eigenvalue weighted by atomic mass is 14.9. The smallest absolute Gasteiger partial charge is 0.0405 e. The highest BCUT2D eigenvalue weighted by molar-refractivity contribution is 5.62. The first-order chi connectivity index (χ1) is 8.01. The molecule has 1 aromatic carbocycles. The van der Waals surface area contributed by atoms with Gasteiger partial charge in [0.2, 0.25) is 0 Å². The molecule has 0 aliphatic carbocycles. The summed E-state index contributed by atoms with van der Waals surface area (Å²) in [5.41, 5.74) is 12.5. The van der Waals surface area contributed by atoms with E-state index in [0.29, 0.717) is 5.92 Å². The van der Waals surface area contributed by atoms with Crippen molar-refractivity contribution in [3.05, 3.63) is 28.3 Å². The molecule has 0 spiro atoms. The van der Waals surface area contributed by atoms with Crippen molar-refractivity contribution in [3.8, 4) is 0 Å². The van der Waals surface area contributed by atoms with Gasteiger partial charge in [0.1, 0.15) is 0 Å². The summed E-state index contributed by atoms with van der Waals surface area (Å²) in [7, 11) is 0. The van der Waals surface area contributed by atoms with Crippen LogP contribution in [0.2, 0.25) is 0 Å². The number of nitrogens with one attached hydrogen (secondary N) is 1. The number of hydrogen-bond acceptors (Lipinski definition) is 2. The lowest BCUT2D eigenvalue weighted by atomic mass is 9.98. The van der Waals surface area contributed by atoms with E-state index in [1.807, 2.05) is 0 Å². The first-order valence-electron chi connectivity index (χ1n) is 6.52. The summed E-state index contributed by atoms with van der Waals surface area (Å²) in [6.45, 7) is 12.6. The standard InChI is InChI=1S/C15H26N2/c1-6-14(8-16)9-17-15-12(4)10(2)7-11(3)13(15)5/h7,14,17H,6,8-9,16H2,1-5H3. The number of hydrogen-bond donors (Lipinski definition) is 2. The minimum atomic E-state index is 0.564. The van der Waals surface area contributed by atoms with Crippen molar-refractivity contribution in [1.82, 2.24) is 0 Å². The van der Waals surface area contributed by atoms with Gasteiger partial charge < -0.3 is 11.1 Å². The van der Waals surface area contributed by atoms with Crippen LogP contribution in [0.15, 0.2) is 6.07 Å². The van der Waals surface area contributed by atoms with E-state index in [0.717, 1.165) is 19.5 Å². The SMILES string of the molecule is CCC(CN)CNc1c(C)c(C)cc(C)c1C. The highest BCUT2D eigenvalue weighted by Crippen LogP contribution is 2.26. The summed E-state index contributed by atoms with van der Waals surface area (Å²) in [6, 6.07) is 2.26. The van der Waals surface area contributed by atoms with E-state index >= 15 is 0 Å². The third-order valence-electron chi connectivity index (χ3n) is 3.84. The van der Waals surface area contributed by atoms with Crippen LogP contribution in [0.4, 0.5) is 5.69 Å². The summed E-state index contributed by atoms with van der Waals surface area (Å²) in [5.74, 6) is 0.564. The number of benzene rings is 1. The zero-order chi connectivity index (χ0) is 13.0. The quantitative estimate of drug-likeness (QED) is 0.820. The van der Waals surface area contributed by atoms with Crippen LogP contribution < -0.4 is 11.1 Å². The van der Waals surface area contributed by atoms with Gasteiger partial charge in [0, 0.05) is 12.2 Å². The molecule has 0 aliphatic heterocycles. The van der Waals surface area contributed by atoms with E-state index in [1.165, 1.54) is 27.9 Å². The molecule has 0 radical (unpaired) electrons. The van der Waals surface area contributed by atoms with Gasteiger partial charge in [0.25, 0.3) is 0 Å². The van der Waals surface area contributed by atoms with E-state index in [9.17, 15) is 0 Å². The van der Waals surface area contributed by atoms with Crippen molar-refractivity contribution in [2.75, 3.05) is 18.4 Å². The number of aryl methyl sites for hydroxylation is 2. The van der Waals surface area contributed by atoms with Crippen molar-refractivity contribution in [1.29, 1.82) is 0 Å². The fourth-order valence-electron chi connectivity index (χ4n) is 2.12. The highest BCUT2D eigenvalue weighted by Gasteiger charge is 2.10. The van der Waals surface area contributed by atoms with Crippen LogP contribution in [-0.4, -0.2) is 13.1 Å². The molecule has 1 atom stereocenters. The molecule has 0 bridgehead atoms. The minimum absolute atomic E-state index is 0.564. The summed E-state index contributed by atoms with van der Waals surface area (Å²) < 4.78 is 0. The third kappa shape index (κ3) is 3.22. The summed E-state index contributed by atoms with van der Waals surface area (Å²) in [6.07, 6.45) is 1.13. The van der Waals surface area contributed by atoms with Crippen molar-refractivity contribution in [2.45, 2.75) is 41.0 Å². The first kappa shape index (κ1) is 14.0. The van der Waals surface area contributed by atoms with Crippen LogP contribution in [0, 0.1) is 33.6 Å². The topological polar surface area (TPSA) is 38.0 Å². The predicted molar refractivity (Wildman–Crippen MR) is 76.7 cm³/mol. The van der Waals surface area contributed by atoms with Crippen LogP contribution in [-0.2, 0) is 0 Å². The average molecular weight is 234 g/mol. The maximum Gasteiger partial charge on any atom is 0.0405 e. The Morgan fingerprint density at radius 2 is 1.65 bits per heavy atom. The van der Waals surface area contributed by atoms with Gasteiger partial charge >= 0.3 is 0 Å². The van der Waals surface area contributed by atoms with Crippen molar-refractivity contribution < 1.29 is 0 Å². The number of nitrogens with two attached hydrogens (primary N) is 1. The molecular formula is C15H26N2. The lowest BCUT2D eigenvalue weighted by molar-refractivity contribution is 0.548. The Labute approximate surface area is 106 Å². The van der Waals surface area contributed by atoms with Crippen LogP contribution in [0.25, 0.3) is 0 Å². The summed E-state index contributed by atoms with van der Waals surface area (Å²) in [5, 5.41) is 3.58. The Morgan fingerprint density at radius 3 is 2.06 bits per heavy atom. The van der Waals surface area contributed by atoms with Gasteiger partial charge in [-0.1, -0.05) is 19.4 Å². The first-order valence-corrected chi connectivity index (χ1v) is 6.52. The van der Waals surface area contributed by atoms with Gasteiger partial charge in [-0.15, -0.1) is 0 Å². The van der Waals surface area contributed by atoms with Crippen LogP contribution in [0.3, 0.4) is 0 Å². The molecule has 0 fully saturated rings. The average Bonchev–Trinajstić information content (AvgIpc) is 2.31. The lowest BCUT2D eigenvalue weighted by Crippen LogP contribution is -2.22. The van der Waals surface area contributed by atoms with Gasteiger partial charge in [0.05, 0.1) is 0 Å². The molecule has 0 amide bonds. The molecule has 1 aromatic rings. The molecule has 0 aromatic heterocycles. The van der Waals surface area contributed by atoms with Gasteiger partial charge in [-0.25, -0.2) is 0 Å². The molecule has 1 unspecified atom stereocenters. The Morgan fingerprint density at radius 1 is 1.12 bits per heavy atom. The zero-order valence-corrected chi connectivity index (χ0v) is 11.9. The van der Waals surface area contributed by atoms with Gasteiger partial charge in [0.15, 0.2) is 0 Å². The largest absolute Gasteiger partial charge is 0.384 e. The molecule has 1 rings (SSSR count). The Balaban J connectivity index is 2.90. The van der Waals surface area contributed by atoms with Gasteiger partial charge in [-0.3, -0.25) is 0 Å². The Hall–Kier alpha value is -1.02. The fourth-order valence-corrected chi connectivity index (χ4v) is 2.12. The van der Waals surface area contributed by atoms with Crippen molar-refractivity contribution in [2.24, 2.45) is 11.7 Å². The Bertz CT molecular complexity index is 353. The van der Waals surface area contributed by atoms with Gasteiger partial charge in [-0.2, -0.15) is 0 Å². The molecule has 0 aliphatic rings. The Kier molecular flexibility index (Phi) is 5.01. The second kappa shape index (κ2) is 6.06. The van der Waals surface area contributed by atoms with Crippen molar-refractivity contribution >= 4 is 5.69 Å². The predicted octanol–water partition coefficient (Wildman–Crippen LogP) is 3.32. The van der Waals surface area contributed by atoms with E-state index < -0.39 is 0 Å². The number of anilines is 1.